The Kier molecular flexibility index (Phi) is 7.11. The first-order valence-corrected chi connectivity index (χ1v) is 14.7. The third-order valence-corrected chi connectivity index (χ3v) is 8.71. The highest BCUT2D eigenvalue weighted by Crippen LogP contribution is 2.41. The second-order valence-electron chi connectivity index (χ2n) is 10.2. The molecule has 0 unspecified atom stereocenters. The molecule has 41 heavy (non-hydrogen) atoms. The monoisotopic (exact) mass is 586 g/mol. The zero-order valence-electron chi connectivity index (χ0n) is 22.9. The topological polar surface area (TPSA) is 144 Å². The number of nitrogens with one attached hydrogen (secondary N) is 3. The van der Waals surface area contributed by atoms with Crippen molar-refractivity contribution in [3.05, 3.63) is 41.6 Å². The lowest BCUT2D eigenvalue weighted by Gasteiger charge is -2.19. The van der Waals surface area contributed by atoms with Crippen molar-refractivity contribution in [1.29, 1.82) is 0 Å². The molecule has 2 aromatic heterocycles. The smallest absolute Gasteiger partial charge is 0.270 e. The van der Waals surface area contributed by atoms with Gasteiger partial charge in [-0.25, -0.2) is 12.8 Å². The number of alkyl halides is 1. The number of likely N-dealkylation sites (tertiary alicyclic amines) is 1. The van der Waals surface area contributed by atoms with Gasteiger partial charge in [0.05, 0.1) is 32.4 Å². The van der Waals surface area contributed by atoms with Crippen LogP contribution in [0.4, 0.5) is 21.7 Å². The molecule has 1 aliphatic carbocycles. The number of aromatic nitrogens is 3. The van der Waals surface area contributed by atoms with Crippen LogP contribution in [0.3, 0.4) is 0 Å². The first kappa shape index (κ1) is 27.1. The molecule has 12 nitrogen and oxygen atoms in total. The van der Waals surface area contributed by atoms with Crippen LogP contribution in [-0.4, -0.2) is 69.3 Å². The van der Waals surface area contributed by atoms with Crippen molar-refractivity contribution in [1.82, 2.24) is 20.3 Å². The van der Waals surface area contributed by atoms with E-state index in [-0.39, 0.29) is 22.2 Å². The Morgan fingerprint density at radius 3 is 2.41 bits per heavy atom. The first-order valence-electron chi connectivity index (χ1n) is 13.2. The Morgan fingerprint density at radius 2 is 1.78 bits per heavy atom. The molecule has 2 aliphatic rings. The van der Waals surface area contributed by atoms with Crippen molar-refractivity contribution in [2.24, 2.45) is 0 Å². The molecule has 1 atom stereocenters. The van der Waals surface area contributed by atoms with Gasteiger partial charge < -0.3 is 24.1 Å². The van der Waals surface area contributed by atoms with E-state index in [2.05, 4.69) is 25.4 Å². The van der Waals surface area contributed by atoms with Crippen LogP contribution in [0.1, 0.15) is 36.4 Å². The number of aromatic amines is 1. The van der Waals surface area contributed by atoms with E-state index in [1.54, 1.807) is 24.3 Å². The normalized spacial score (nSPS) is 17.6. The lowest BCUT2D eigenvalue weighted by Crippen LogP contribution is -2.21. The summed E-state index contributed by atoms with van der Waals surface area (Å²) in [5, 5.41) is 14.9. The zero-order valence-corrected chi connectivity index (χ0v) is 23.7. The summed E-state index contributed by atoms with van der Waals surface area (Å²) in [5.41, 5.74) is 2.72. The maximum absolute atomic E-state index is 13.7. The lowest BCUT2D eigenvalue weighted by molar-refractivity contribution is 0.281. The summed E-state index contributed by atoms with van der Waals surface area (Å²) in [6.07, 6.45) is 1.91. The van der Waals surface area contributed by atoms with Crippen LogP contribution in [0.15, 0.2) is 39.8 Å². The predicted octanol–water partition coefficient (Wildman–Crippen LogP) is 4.54. The molecule has 4 aromatic rings. The number of nitrogens with zero attached hydrogens (tertiary/aromatic N) is 3. The fourth-order valence-electron chi connectivity index (χ4n) is 5.10. The molecule has 3 heterocycles. The van der Waals surface area contributed by atoms with E-state index in [9.17, 15) is 12.8 Å². The van der Waals surface area contributed by atoms with Crippen molar-refractivity contribution in [3.8, 4) is 17.2 Å². The van der Waals surface area contributed by atoms with Crippen LogP contribution in [0.2, 0.25) is 0 Å². The zero-order chi connectivity index (χ0) is 28.7. The second kappa shape index (κ2) is 10.7. The van der Waals surface area contributed by atoms with Gasteiger partial charge in [0.15, 0.2) is 22.1 Å². The van der Waals surface area contributed by atoms with Gasteiger partial charge >= 0.3 is 0 Å². The molecule has 14 heteroatoms. The number of rotatable bonds is 11. The van der Waals surface area contributed by atoms with Crippen LogP contribution >= 0.6 is 0 Å². The number of H-pyrrole nitrogens is 1. The van der Waals surface area contributed by atoms with Crippen molar-refractivity contribution in [3.63, 3.8) is 0 Å². The molecule has 0 amide bonds. The average Bonchev–Trinajstić information content (AvgIpc) is 3.38. The van der Waals surface area contributed by atoms with Crippen LogP contribution in [-0.2, 0) is 16.6 Å². The number of fused-ring (bicyclic) bond motifs is 1. The number of hydrogen-bond donors (Lipinski definition) is 3. The SMILES string of the molecule is COc1cc2c(NS(=O)(=O)c3c(OC)cc(CN4CC[C@@H](F)C4)cc3OC)noc2cc1Nc1cc(C2CC2)[nH]n1. The lowest BCUT2D eigenvalue weighted by atomic mass is 10.2. The fraction of sp³-hybridized carbons (Fsp3) is 0.407. The summed E-state index contributed by atoms with van der Waals surface area (Å²) in [6.45, 7) is 1.39. The molecule has 0 bridgehead atoms. The molecule has 218 valence electrons. The van der Waals surface area contributed by atoms with E-state index in [0.717, 1.165) is 24.1 Å². The summed E-state index contributed by atoms with van der Waals surface area (Å²) in [6, 6.07) is 8.49. The Labute approximate surface area is 236 Å². The van der Waals surface area contributed by atoms with E-state index in [4.69, 9.17) is 18.7 Å². The summed E-state index contributed by atoms with van der Waals surface area (Å²) in [4.78, 5) is 1.77. The highest BCUT2D eigenvalue weighted by Gasteiger charge is 2.30. The van der Waals surface area contributed by atoms with E-state index < -0.39 is 16.2 Å². The number of benzene rings is 2. The third kappa shape index (κ3) is 5.48. The molecule has 0 spiro atoms. The molecule has 6 rings (SSSR count). The van der Waals surface area contributed by atoms with Gasteiger partial charge in [0.2, 0.25) is 0 Å². The number of anilines is 3. The maximum atomic E-state index is 13.7. The third-order valence-electron chi connectivity index (χ3n) is 7.31. The summed E-state index contributed by atoms with van der Waals surface area (Å²) in [7, 11) is 0.00922. The van der Waals surface area contributed by atoms with E-state index >= 15 is 0 Å². The number of methoxy groups -OCH3 is 3. The molecule has 1 aliphatic heterocycles. The minimum atomic E-state index is -4.26. The van der Waals surface area contributed by atoms with Gasteiger partial charge in [-0.05, 0) is 43.0 Å². The van der Waals surface area contributed by atoms with E-state index in [1.807, 2.05) is 11.0 Å². The van der Waals surface area contributed by atoms with Crippen molar-refractivity contribution in [2.75, 3.05) is 44.5 Å². The fourth-order valence-corrected chi connectivity index (χ4v) is 6.42. The molecule has 1 saturated heterocycles. The molecule has 2 fully saturated rings. The Morgan fingerprint density at radius 1 is 1.05 bits per heavy atom. The molecule has 2 aromatic carbocycles. The van der Waals surface area contributed by atoms with Gasteiger partial charge in [-0.15, -0.1) is 0 Å². The van der Waals surface area contributed by atoms with Gasteiger partial charge in [-0.2, -0.15) is 5.10 Å². The van der Waals surface area contributed by atoms with Crippen LogP contribution in [0, 0.1) is 0 Å². The van der Waals surface area contributed by atoms with Gasteiger partial charge in [-0.3, -0.25) is 14.7 Å². The minimum absolute atomic E-state index is 0.0279. The summed E-state index contributed by atoms with van der Waals surface area (Å²) < 4.78 is 65.5. The summed E-state index contributed by atoms with van der Waals surface area (Å²) in [5.74, 6) is 1.74. The van der Waals surface area contributed by atoms with Crippen molar-refractivity contribution >= 4 is 38.3 Å². The van der Waals surface area contributed by atoms with Crippen LogP contribution in [0.25, 0.3) is 11.0 Å². The van der Waals surface area contributed by atoms with Crippen molar-refractivity contribution in [2.45, 2.75) is 42.8 Å². The van der Waals surface area contributed by atoms with Crippen LogP contribution < -0.4 is 24.2 Å². The molecule has 3 N–H and O–H groups in total. The van der Waals surface area contributed by atoms with Gasteiger partial charge in [0, 0.05) is 43.4 Å². The Balaban J connectivity index is 1.28. The Bertz CT molecular complexity index is 1660. The molecular weight excluding hydrogens is 555 g/mol. The number of hydrogen-bond acceptors (Lipinski definition) is 10. The minimum Gasteiger partial charge on any atom is -0.495 e. The first-order chi connectivity index (χ1) is 19.8. The molecule has 0 radical (unpaired) electrons. The highest BCUT2D eigenvalue weighted by atomic mass is 32.2. The highest BCUT2D eigenvalue weighted by molar-refractivity contribution is 7.93. The van der Waals surface area contributed by atoms with E-state index in [1.165, 1.54) is 21.3 Å². The summed E-state index contributed by atoms with van der Waals surface area (Å²) >= 11 is 0. The second-order valence-corrected chi connectivity index (χ2v) is 11.9. The van der Waals surface area contributed by atoms with Gasteiger partial charge in [-0.1, -0.05) is 5.16 Å². The van der Waals surface area contributed by atoms with Gasteiger partial charge in [0.25, 0.3) is 10.0 Å². The van der Waals surface area contributed by atoms with Crippen LogP contribution in [0.5, 0.6) is 17.2 Å². The molecule has 1 saturated carbocycles. The number of sulfonamides is 1. The quantitative estimate of drug-likeness (QED) is 0.229. The standard InChI is InChI=1S/C27H31FN6O6S/c1-37-22-10-18-21(11-20(22)29-25-12-19(30-31-25)16-4-5-16)40-32-27(18)33-41(35,36)26-23(38-2)8-15(9-24(26)39-3)13-34-7-6-17(28)14-34/h8-12,16-17H,4-7,13-14H2,1-3H3,(H,32,33)(H2,29,30,31)/t17-/m1/s1. The number of ether oxygens (including phenoxy) is 3. The average molecular weight is 587 g/mol. The maximum Gasteiger partial charge on any atom is 0.270 e. The molecular formula is C27H31FN6O6S. The van der Waals surface area contributed by atoms with E-state index in [0.29, 0.717) is 60.2 Å². The number of halogens is 1. The van der Waals surface area contributed by atoms with Crippen molar-refractivity contribution < 1.29 is 31.5 Å². The Hall–Kier alpha value is -4.04. The van der Waals surface area contributed by atoms with Gasteiger partial charge in [0.1, 0.15) is 23.4 Å². The predicted molar refractivity (Wildman–Crippen MR) is 150 cm³/mol. The largest absolute Gasteiger partial charge is 0.495 e.